The third-order valence-electron chi connectivity index (χ3n) is 5.68. The lowest BCUT2D eigenvalue weighted by molar-refractivity contribution is 0.0632. The van der Waals surface area contributed by atoms with Crippen molar-refractivity contribution in [3.8, 4) is 5.75 Å². The highest BCUT2D eigenvalue weighted by Gasteiger charge is 2.19. The molecule has 1 saturated heterocycles. The Hall–Kier alpha value is -1.88. The van der Waals surface area contributed by atoms with Gasteiger partial charge in [-0.1, -0.05) is 42.5 Å². The van der Waals surface area contributed by atoms with Crippen LogP contribution in [0, 0.1) is 0 Å². The summed E-state index contributed by atoms with van der Waals surface area (Å²) in [6.45, 7) is 6.20. The second-order valence-corrected chi connectivity index (χ2v) is 7.81. The number of likely N-dealkylation sites (tertiary alicyclic amines) is 1. The van der Waals surface area contributed by atoms with Crippen LogP contribution in [0.3, 0.4) is 0 Å². The standard InChI is InChI=1S/C23H30N2O2/c26-22(17-25-14-11-19-7-1-2-8-20(19)15-25)18-27-23-10-4-3-9-21(23)16-24-12-5-6-13-24/h1-4,7-10,22,26H,5-6,11-18H2. The zero-order chi connectivity index (χ0) is 18.5. The molecule has 0 amide bonds. The Kier molecular flexibility index (Phi) is 6.07. The van der Waals surface area contributed by atoms with Crippen LogP contribution in [0.5, 0.6) is 5.75 Å². The molecule has 1 atom stereocenters. The monoisotopic (exact) mass is 366 g/mol. The zero-order valence-corrected chi connectivity index (χ0v) is 16.0. The summed E-state index contributed by atoms with van der Waals surface area (Å²) in [5.41, 5.74) is 4.04. The van der Waals surface area contributed by atoms with Crippen LogP contribution >= 0.6 is 0 Å². The van der Waals surface area contributed by atoms with Crippen molar-refractivity contribution < 1.29 is 9.84 Å². The van der Waals surface area contributed by atoms with E-state index in [1.807, 2.05) is 12.1 Å². The maximum atomic E-state index is 10.5. The summed E-state index contributed by atoms with van der Waals surface area (Å²) in [4.78, 5) is 4.80. The van der Waals surface area contributed by atoms with Gasteiger partial charge in [-0.2, -0.15) is 0 Å². The second-order valence-electron chi connectivity index (χ2n) is 7.81. The van der Waals surface area contributed by atoms with E-state index in [4.69, 9.17) is 4.74 Å². The number of fused-ring (bicyclic) bond motifs is 1. The third-order valence-corrected chi connectivity index (χ3v) is 5.68. The molecule has 4 heteroatoms. The number of aliphatic hydroxyl groups is 1. The number of rotatable bonds is 7. The van der Waals surface area contributed by atoms with Gasteiger partial charge in [0.15, 0.2) is 0 Å². The Morgan fingerprint density at radius 3 is 2.48 bits per heavy atom. The van der Waals surface area contributed by atoms with Crippen molar-refractivity contribution in [1.29, 1.82) is 0 Å². The van der Waals surface area contributed by atoms with E-state index in [0.29, 0.717) is 13.2 Å². The summed E-state index contributed by atoms with van der Waals surface area (Å²) < 4.78 is 6.02. The first-order valence-corrected chi connectivity index (χ1v) is 10.2. The quantitative estimate of drug-likeness (QED) is 0.817. The lowest BCUT2D eigenvalue weighted by Crippen LogP contribution is -2.38. The topological polar surface area (TPSA) is 35.9 Å². The largest absolute Gasteiger partial charge is 0.491 e. The van der Waals surface area contributed by atoms with Gasteiger partial charge in [0.1, 0.15) is 18.5 Å². The van der Waals surface area contributed by atoms with Gasteiger partial charge in [0, 0.05) is 31.7 Å². The molecule has 27 heavy (non-hydrogen) atoms. The van der Waals surface area contributed by atoms with Crippen LogP contribution in [0.25, 0.3) is 0 Å². The van der Waals surface area contributed by atoms with Crippen molar-refractivity contribution in [2.45, 2.75) is 38.5 Å². The number of hydrogen-bond acceptors (Lipinski definition) is 4. The van der Waals surface area contributed by atoms with Crippen molar-refractivity contribution in [2.75, 3.05) is 32.8 Å². The maximum Gasteiger partial charge on any atom is 0.123 e. The van der Waals surface area contributed by atoms with Crippen molar-refractivity contribution >= 4 is 0 Å². The Balaban J connectivity index is 1.29. The third kappa shape index (κ3) is 4.89. The summed E-state index contributed by atoms with van der Waals surface area (Å²) in [5, 5.41) is 10.5. The fourth-order valence-electron chi connectivity index (χ4n) is 4.20. The minimum absolute atomic E-state index is 0.342. The number of aliphatic hydroxyl groups excluding tert-OH is 1. The Morgan fingerprint density at radius 2 is 1.63 bits per heavy atom. The van der Waals surface area contributed by atoms with E-state index in [1.54, 1.807) is 0 Å². The molecule has 1 unspecified atom stereocenters. The van der Waals surface area contributed by atoms with Crippen molar-refractivity contribution in [3.05, 3.63) is 65.2 Å². The van der Waals surface area contributed by atoms with Crippen molar-refractivity contribution in [3.63, 3.8) is 0 Å². The average Bonchev–Trinajstić information content (AvgIpc) is 3.20. The van der Waals surface area contributed by atoms with Gasteiger partial charge in [-0.25, -0.2) is 0 Å². The van der Waals surface area contributed by atoms with Crippen LogP contribution in [0.4, 0.5) is 0 Å². The summed E-state index contributed by atoms with van der Waals surface area (Å²) in [5.74, 6) is 0.910. The lowest BCUT2D eigenvalue weighted by atomic mass is 10.00. The lowest BCUT2D eigenvalue weighted by Gasteiger charge is -2.30. The molecule has 0 spiro atoms. The summed E-state index contributed by atoms with van der Waals surface area (Å²) >= 11 is 0. The molecular formula is C23H30N2O2. The Bertz CT molecular complexity index is 743. The first kappa shape index (κ1) is 18.5. The van der Waals surface area contributed by atoms with E-state index in [1.165, 1.54) is 42.6 Å². The minimum atomic E-state index is -0.477. The molecule has 0 saturated carbocycles. The maximum absolute atomic E-state index is 10.5. The van der Waals surface area contributed by atoms with Crippen LogP contribution in [-0.2, 0) is 19.5 Å². The first-order chi connectivity index (χ1) is 13.3. The first-order valence-electron chi connectivity index (χ1n) is 10.2. The summed E-state index contributed by atoms with van der Waals surface area (Å²) in [7, 11) is 0. The van der Waals surface area contributed by atoms with Gasteiger partial charge in [0.2, 0.25) is 0 Å². The SMILES string of the molecule is OC(COc1ccccc1CN1CCCC1)CN1CCc2ccccc2C1. The minimum Gasteiger partial charge on any atom is -0.491 e. The molecule has 144 valence electrons. The fourth-order valence-corrected chi connectivity index (χ4v) is 4.20. The second kappa shape index (κ2) is 8.87. The van der Waals surface area contributed by atoms with Gasteiger partial charge in [-0.3, -0.25) is 9.80 Å². The molecule has 2 heterocycles. The van der Waals surface area contributed by atoms with Gasteiger partial charge in [-0.05, 0) is 49.5 Å². The van der Waals surface area contributed by atoms with E-state index in [0.717, 1.165) is 31.8 Å². The highest BCUT2D eigenvalue weighted by atomic mass is 16.5. The summed E-state index contributed by atoms with van der Waals surface area (Å²) in [6.07, 6.45) is 3.17. The number of benzene rings is 2. The highest BCUT2D eigenvalue weighted by molar-refractivity contribution is 5.33. The molecule has 2 aliphatic heterocycles. The van der Waals surface area contributed by atoms with Crippen LogP contribution in [0.1, 0.15) is 29.5 Å². The molecule has 4 nitrogen and oxygen atoms in total. The Morgan fingerprint density at radius 1 is 0.889 bits per heavy atom. The van der Waals surface area contributed by atoms with Crippen LogP contribution in [0.15, 0.2) is 48.5 Å². The molecule has 4 rings (SSSR count). The highest BCUT2D eigenvalue weighted by Crippen LogP contribution is 2.23. The number of β-amino-alcohol motifs (C(OH)–C–C–N with tert-alkyl or cyclic N) is 1. The molecule has 1 N–H and O–H groups in total. The number of ether oxygens (including phenoxy) is 1. The van der Waals surface area contributed by atoms with Gasteiger partial charge in [0.25, 0.3) is 0 Å². The fraction of sp³-hybridized carbons (Fsp3) is 0.478. The van der Waals surface area contributed by atoms with E-state index in [2.05, 4.69) is 46.2 Å². The number of hydrogen-bond donors (Lipinski definition) is 1. The molecule has 2 aliphatic rings. The van der Waals surface area contributed by atoms with Gasteiger partial charge in [0.05, 0.1) is 0 Å². The van der Waals surface area contributed by atoms with Crippen molar-refractivity contribution in [2.24, 2.45) is 0 Å². The predicted octanol–water partition coefficient (Wildman–Crippen LogP) is 3.08. The molecule has 2 aromatic carbocycles. The zero-order valence-electron chi connectivity index (χ0n) is 16.0. The van der Waals surface area contributed by atoms with E-state index >= 15 is 0 Å². The average molecular weight is 367 g/mol. The van der Waals surface area contributed by atoms with Crippen molar-refractivity contribution in [1.82, 2.24) is 9.80 Å². The van der Waals surface area contributed by atoms with Crippen LogP contribution in [-0.4, -0.2) is 53.8 Å². The van der Waals surface area contributed by atoms with Gasteiger partial charge < -0.3 is 9.84 Å². The number of para-hydroxylation sites is 1. The predicted molar refractivity (Wildman–Crippen MR) is 108 cm³/mol. The van der Waals surface area contributed by atoms with E-state index in [-0.39, 0.29) is 0 Å². The molecule has 2 aromatic rings. The van der Waals surface area contributed by atoms with Crippen LogP contribution < -0.4 is 4.74 Å². The number of nitrogens with zero attached hydrogens (tertiary/aromatic N) is 2. The molecule has 0 bridgehead atoms. The van der Waals surface area contributed by atoms with Crippen LogP contribution in [0.2, 0.25) is 0 Å². The normalized spacial score (nSPS) is 19.0. The molecule has 0 aliphatic carbocycles. The Labute approximate surface area is 162 Å². The molecule has 0 aromatic heterocycles. The van der Waals surface area contributed by atoms with Gasteiger partial charge >= 0.3 is 0 Å². The van der Waals surface area contributed by atoms with E-state index < -0.39 is 6.10 Å². The van der Waals surface area contributed by atoms with E-state index in [9.17, 15) is 5.11 Å². The summed E-state index contributed by atoms with van der Waals surface area (Å²) in [6, 6.07) is 16.9. The van der Waals surface area contributed by atoms with Gasteiger partial charge in [-0.15, -0.1) is 0 Å². The molecule has 0 radical (unpaired) electrons. The molecular weight excluding hydrogens is 336 g/mol. The smallest absolute Gasteiger partial charge is 0.123 e. The molecule has 1 fully saturated rings.